The van der Waals surface area contributed by atoms with Crippen molar-refractivity contribution in [2.75, 3.05) is 0 Å². The molecule has 0 radical (unpaired) electrons. The third-order valence-electron chi connectivity index (χ3n) is 1.72. The summed E-state index contributed by atoms with van der Waals surface area (Å²) in [7, 11) is 0. The summed E-state index contributed by atoms with van der Waals surface area (Å²) in [5, 5.41) is 12.0. The van der Waals surface area contributed by atoms with Crippen LogP contribution in [0.25, 0.3) is 0 Å². The molecule has 0 bridgehead atoms. The first-order valence-electron chi connectivity index (χ1n) is 4.42. The molecule has 0 saturated carbocycles. The Hall–Kier alpha value is -1.66. The standard InChI is InChI=1S/C9H9Cl2N5O/c1-5(17)16(9(12)13)15-4-6-7(10)2-3-14-8(6)11/h2-4H,1H3,(H3,12,13)/b15-4+. The van der Waals surface area contributed by atoms with E-state index in [0.29, 0.717) is 15.6 Å². The van der Waals surface area contributed by atoms with Gasteiger partial charge in [-0.25, -0.2) is 4.98 Å². The molecule has 8 heteroatoms. The monoisotopic (exact) mass is 273 g/mol. The first-order valence-corrected chi connectivity index (χ1v) is 5.17. The van der Waals surface area contributed by atoms with Crippen LogP contribution in [-0.2, 0) is 4.79 Å². The Balaban J connectivity index is 3.04. The third kappa shape index (κ3) is 3.40. The van der Waals surface area contributed by atoms with Crippen LogP contribution in [0, 0.1) is 5.41 Å². The van der Waals surface area contributed by atoms with Gasteiger partial charge in [0.1, 0.15) is 5.15 Å². The largest absolute Gasteiger partial charge is 0.368 e. The fraction of sp³-hybridized carbons (Fsp3) is 0.111. The summed E-state index contributed by atoms with van der Waals surface area (Å²) < 4.78 is 0. The van der Waals surface area contributed by atoms with Gasteiger partial charge in [0.15, 0.2) is 0 Å². The number of guanidine groups is 1. The predicted molar refractivity (Wildman–Crippen MR) is 66.3 cm³/mol. The Bertz CT molecular complexity index is 454. The predicted octanol–water partition coefficient (Wildman–Crippen LogP) is 1.46. The van der Waals surface area contributed by atoms with E-state index in [1.807, 2.05) is 0 Å². The molecule has 1 amide bonds. The molecule has 90 valence electrons. The van der Waals surface area contributed by atoms with Crippen molar-refractivity contribution in [1.82, 2.24) is 9.99 Å². The number of amides is 1. The van der Waals surface area contributed by atoms with Gasteiger partial charge in [0.25, 0.3) is 0 Å². The number of carbonyl (C=O) groups is 1. The lowest BCUT2D eigenvalue weighted by Gasteiger charge is -2.11. The Morgan fingerprint density at radius 3 is 2.76 bits per heavy atom. The van der Waals surface area contributed by atoms with Crippen LogP contribution in [-0.4, -0.2) is 28.1 Å². The average molecular weight is 274 g/mol. The molecule has 1 aromatic rings. The minimum atomic E-state index is -0.495. The molecule has 0 unspecified atom stereocenters. The van der Waals surface area contributed by atoms with Gasteiger partial charge in [-0.3, -0.25) is 10.2 Å². The van der Waals surface area contributed by atoms with Crippen molar-refractivity contribution in [1.29, 1.82) is 5.41 Å². The van der Waals surface area contributed by atoms with E-state index < -0.39 is 11.9 Å². The Kier molecular flexibility index (Phi) is 4.42. The van der Waals surface area contributed by atoms with Gasteiger partial charge in [-0.05, 0) is 6.07 Å². The van der Waals surface area contributed by atoms with Gasteiger partial charge < -0.3 is 5.73 Å². The topological polar surface area (TPSA) is 95.4 Å². The van der Waals surface area contributed by atoms with Crippen LogP contribution in [0.4, 0.5) is 0 Å². The van der Waals surface area contributed by atoms with Crippen LogP contribution < -0.4 is 5.73 Å². The Labute approximate surface area is 108 Å². The van der Waals surface area contributed by atoms with Gasteiger partial charge in [0, 0.05) is 13.1 Å². The molecule has 1 heterocycles. The van der Waals surface area contributed by atoms with Gasteiger partial charge in [-0.2, -0.15) is 10.1 Å². The van der Waals surface area contributed by atoms with Gasteiger partial charge in [0.2, 0.25) is 11.9 Å². The van der Waals surface area contributed by atoms with Crippen LogP contribution >= 0.6 is 23.2 Å². The first kappa shape index (κ1) is 13.4. The van der Waals surface area contributed by atoms with Crippen LogP contribution in [0.15, 0.2) is 17.4 Å². The van der Waals surface area contributed by atoms with Crippen molar-refractivity contribution in [3.05, 3.63) is 28.0 Å². The SMILES string of the molecule is CC(=O)N(/N=C/c1c(Cl)ccnc1Cl)C(=N)N. The molecule has 3 N–H and O–H groups in total. The molecule has 0 aromatic carbocycles. The highest BCUT2D eigenvalue weighted by molar-refractivity contribution is 6.37. The minimum Gasteiger partial charge on any atom is -0.368 e. The van der Waals surface area contributed by atoms with Crippen molar-refractivity contribution >= 4 is 41.3 Å². The maximum Gasteiger partial charge on any atom is 0.246 e. The van der Waals surface area contributed by atoms with E-state index in [2.05, 4.69) is 10.1 Å². The molecule has 0 aliphatic heterocycles. The summed E-state index contributed by atoms with van der Waals surface area (Å²) in [4.78, 5) is 14.9. The molecule has 0 aliphatic rings. The maximum atomic E-state index is 11.1. The molecule has 1 aromatic heterocycles. The number of nitrogens with two attached hydrogens (primary N) is 1. The van der Waals surface area contributed by atoms with E-state index in [1.54, 1.807) is 0 Å². The zero-order valence-electron chi connectivity index (χ0n) is 8.82. The highest BCUT2D eigenvalue weighted by Crippen LogP contribution is 2.19. The van der Waals surface area contributed by atoms with Crippen LogP contribution in [0.3, 0.4) is 0 Å². The zero-order valence-corrected chi connectivity index (χ0v) is 10.3. The van der Waals surface area contributed by atoms with Gasteiger partial charge >= 0.3 is 0 Å². The van der Waals surface area contributed by atoms with Crippen molar-refractivity contribution in [3.8, 4) is 0 Å². The number of hydrogen-bond donors (Lipinski definition) is 2. The lowest BCUT2D eigenvalue weighted by molar-refractivity contribution is -0.125. The Morgan fingerprint density at radius 1 is 1.65 bits per heavy atom. The molecule has 17 heavy (non-hydrogen) atoms. The fourth-order valence-electron chi connectivity index (χ4n) is 0.970. The first-order chi connectivity index (χ1) is 7.93. The Morgan fingerprint density at radius 2 is 2.29 bits per heavy atom. The number of nitrogens with one attached hydrogen (secondary N) is 1. The third-order valence-corrected chi connectivity index (χ3v) is 2.35. The van der Waals surface area contributed by atoms with E-state index in [4.69, 9.17) is 34.3 Å². The second-order valence-electron chi connectivity index (χ2n) is 2.96. The van der Waals surface area contributed by atoms with Gasteiger partial charge in [-0.1, -0.05) is 23.2 Å². The summed E-state index contributed by atoms with van der Waals surface area (Å²) in [5.41, 5.74) is 5.52. The van der Waals surface area contributed by atoms with Crippen LogP contribution in [0.1, 0.15) is 12.5 Å². The number of rotatable bonds is 2. The minimum absolute atomic E-state index is 0.147. The molecule has 0 saturated heterocycles. The summed E-state index contributed by atoms with van der Waals surface area (Å²) in [6, 6.07) is 1.53. The number of hydrazone groups is 1. The maximum absolute atomic E-state index is 11.1. The van der Waals surface area contributed by atoms with E-state index in [-0.39, 0.29) is 5.15 Å². The number of nitrogens with zero attached hydrogens (tertiary/aromatic N) is 3. The average Bonchev–Trinajstić information content (AvgIpc) is 2.21. The molecule has 0 fully saturated rings. The van der Waals surface area contributed by atoms with Crippen molar-refractivity contribution in [3.63, 3.8) is 0 Å². The van der Waals surface area contributed by atoms with E-state index >= 15 is 0 Å². The molecule has 0 spiro atoms. The van der Waals surface area contributed by atoms with Crippen molar-refractivity contribution in [2.45, 2.75) is 6.92 Å². The number of hydrogen-bond acceptors (Lipinski definition) is 4. The van der Waals surface area contributed by atoms with E-state index in [1.165, 1.54) is 25.4 Å². The van der Waals surface area contributed by atoms with Crippen LogP contribution in [0.5, 0.6) is 0 Å². The molecular formula is C9H9Cl2N5O. The van der Waals surface area contributed by atoms with Crippen molar-refractivity contribution in [2.24, 2.45) is 10.8 Å². The smallest absolute Gasteiger partial charge is 0.246 e. The molecule has 0 atom stereocenters. The second-order valence-corrected chi connectivity index (χ2v) is 3.72. The van der Waals surface area contributed by atoms with E-state index in [0.717, 1.165) is 0 Å². The summed E-state index contributed by atoms with van der Waals surface area (Å²) >= 11 is 11.7. The fourth-order valence-corrected chi connectivity index (χ4v) is 1.42. The molecule has 1 rings (SSSR count). The summed E-state index contributed by atoms with van der Waals surface area (Å²) in [5.74, 6) is -0.991. The van der Waals surface area contributed by atoms with Crippen LogP contribution in [0.2, 0.25) is 10.2 Å². The van der Waals surface area contributed by atoms with E-state index in [9.17, 15) is 4.79 Å². The van der Waals surface area contributed by atoms with Gasteiger partial charge in [0.05, 0.1) is 16.8 Å². The number of aromatic nitrogens is 1. The summed E-state index contributed by atoms with van der Waals surface area (Å²) in [6.07, 6.45) is 2.66. The second kappa shape index (κ2) is 5.60. The summed E-state index contributed by atoms with van der Waals surface area (Å²) in [6.45, 7) is 1.23. The molecular weight excluding hydrogens is 265 g/mol. The lowest BCUT2D eigenvalue weighted by Crippen LogP contribution is -2.35. The number of pyridine rings is 1. The molecule has 0 aliphatic carbocycles. The zero-order chi connectivity index (χ0) is 13.0. The van der Waals surface area contributed by atoms with Crippen molar-refractivity contribution < 1.29 is 4.79 Å². The van der Waals surface area contributed by atoms with Gasteiger partial charge in [-0.15, -0.1) is 0 Å². The highest BCUT2D eigenvalue weighted by Gasteiger charge is 2.10. The number of halogens is 2. The normalized spacial score (nSPS) is 10.5. The number of carbonyl (C=O) groups excluding carboxylic acids is 1. The molecule has 6 nitrogen and oxygen atoms in total. The quantitative estimate of drug-likeness (QED) is 0.370. The highest BCUT2D eigenvalue weighted by atomic mass is 35.5. The lowest BCUT2D eigenvalue weighted by atomic mass is 10.3.